The van der Waals surface area contributed by atoms with Gasteiger partial charge in [-0.3, -0.25) is 9.69 Å². The summed E-state index contributed by atoms with van der Waals surface area (Å²) in [6.07, 6.45) is 3.26. The van der Waals surface area contributed by atoms with Gasteiger partial charge in [0.2, 0.25) is 5.91 Å². The van der Waals surface area contributed by atoms with E-state index < -0.39 is 9.84 Å². The molecular formula is C24H32N2O3S. The van der Waals surface area contributed by atoms with Crippen molar-refractivity contribution in [1.29, 1.82) is 0 Å². The van der Waals surface area contributed by atoms with E-state index in [1.165, 1.54) is 23.4 Å². The number of nitrogens with one attached hydrogen (secondary N) is 1. The quantitative estimate of drug-likeness (QED) is 0.763. The number of nitrogens with zero attached hydrogens (tertiary/aromatic N) is 1. The van der Waals surface area contributed by atoms with E-state index in [9.17, 15) is 13.2 Å². The fraction of sp³-hybridized carbons (Fsp3) is 0.458. The number of aryl methyl sites for hydroxylation is 1. The Bertz CT molecular complexity index is 1020. The van der Waals surface area contributed by atoms with Crippen molar-refractivity contribution in [1.82, 2.24) is 4.90 Å². The van der Waals surface area contributed by atoms with Crippen molar-refractivity contribution < 1.29 is 13.2 Å². The molecule has 1 amide bonds. The van der Waals surface area contributed by atoms with Crippen molar-refractivity contribution in [3.63, 3.8) is 0 Å². The lowest BCUT2D eigenvalue weighted by Gasteiger charge is -2.26. The summed E-state index contributed by atoms with van der Waals surface area (Å²) in [6, 6.07) is 13.8. The van der Waals surface area contributed by atoms with E-state index >= 15 is 0 Å². The zero-order valence-electron chi connectivity index (χ0n) is 18.5. The molecule has 2 aromatic rings. The second-order valence-electron chi connectivity index (χ2n) is 9.30. The van der Waals surface area contributed by atoms with Crippen molar-refractivity contribution in [3.8, 4) is 0 Å². The predicted octanol–water partition coefficient (Wildman–Crippen LogP) is 4.47. The summed E-state index contributed by atoms with van der Waals surface area (Å²) >= 11 is 0. The fourth-order valence-corrected chi connectivity index (χ4v) is 4.59. The van der Waals surface area contributed by atoms with Gasteiger partial charge in [-0.2, -0.15) is 0 Å². The summed E-state index contributed by atoms with van der Waals surface area (Å²) in [4.78, 5) is 15.2. The number of carbonyl (C=O) groups excluding carboxylic acids is 1. The van der Waals surface area contributed by atoms with Crippen LogP contribution < -0.4 is 5.32 Å². The molecule has 162 valence electrons. The molecule has 1 saturated heterocycles. The van der Waals surface area contributed by atoms with E-state index in [0.29, 0.717) is 5.69 Å². The Morgan fingerprint density at radius 1 is 1.13 bits per heavy atom. The minimum atomic E-state index is -3.32. The Labute approximate surface area is 180 Å². The maximum Gasteiger partial charge on any atom is 0.238 e. The van der Waals surface area contributed by atoms with Crippen molar-refractivity contribution >= 4 is 21.4 Å². The second-order valence-corrected chi connectivity index (χ2v) is 11.3. The minimum Gasteiger partial charge on any atom is -0.325 e. The van der Waals surface area contributed by atoms with Crippen LogP contribution in [0.2, 0.25) is 0 Å². The zero-order valence-corrected chi connectivity index (χ0v) is 19.3. The number of benzene rings is 2. The van der Waals surface area contributed by atoms with Gasteiger partial charge >= 0.3 is 0 Å². The van der Waals surface area contributed by atoms with Crippen LogP contribution in [-0.4, -0.2) is 38.6 Å². The standard InChI is InChI=1S/C24H32N2O3S/c1-17-8-13-20(30(5,28)29)15-21(17)25-23(27)16-26-14-6-7-22(26)18-9-11-19(12-10-18)24(2,3)4/h8-13,15,22H,6-7,14,16H2,1-5H3,(H,25,27)/t22-/m1/s1. The van der Waals surface area contributed by atoms with Gasteiger partial charge in [-0.15, -0.1) is 0 Å². The van der Waals surface area contributed by atoms with Gasteiger partial charge in [0, 0.05) is 18.0 Å². The molecule has 1 fully saturated rings. The third-order valence-electron chi connectivity index (χ3n) is 5.78. The van der Waals surface area contributed by atoms with E-state index in [1.807, 2.05) is 6.92 Å². The Morgan fingerprint density at radius 3 is 2.40 bits per heavy atom. The minimum absolute atomic E-state index is 0.117. The van der Waals surface area contributed by atoms with E-state index in [0.717, 1.165) is 24.9 Å². The number of likely N-dealkylation sites (tertiary alicyclic amines) is 1. The van der Waals surface area contributed by atoms with E-state index in [1.54, 1.807) is 12.1 Å². The van der Waals surface area contributed by atoms with Crippen LogP contribution in [0.4, 0.5) is 5.69 Å². The summed E-state index contributed by atoms with van der Waals surface area (Å²) in [5, 5.41) is 2.91. The van der Waals surface area contributed by atoms with Crippen LogP contribution in [0.1, 0.15) is 56.3 Å². The van der Waals surface area contributed by atoms with E-state index in [4.69, 9.17) is 0 Å². The normalized spacial score (nSPS) is 17.8. The van der Waals surface area contributed by atoms with Gasteiger partial charge < -0.3 is 5.32 Å². The Balaban J connectivity index is 1.71. The Morgan fingerprint density at radius 2 is 1.80 bits per heavy atom. The molecule has 0 unspecified atom stereocenters. The number of anilines is 1. The van der Waals surface area contributed by atoms with E-state index in [2.05, 4.69) is 55.3 Å². The molecule has 0 radical (unpaired) electrons. The molecule has 0 bridgehead atoms. The molecule has 0 saturated carbocycles. The van der Waals surface area contributed by atoms with Gasteiger partial charge in [0.05, 0.1) is 11.4 Å². The van der Waals surface area contributed by atoms with Crippen molar-refractivity contribution in [2.45, 2.75) is 56.9 Å². The summed E-state index contributed by atoms with van der Waals surface area (Å²) in [5.74, 6) is -0.123. The van der Waals surface area contributed by atoms with Gasteiger partial charge in [-0.05, 0) is 60.5 Å². The average molecular weight is 429 g/mol. The molecule has 2 aromatic carbocycles. The number of sulfone groups is 1. The predicted molar refractivity (Wildman–Crippen MR) is 122 cm³/mol. The highest BCUT2D eigenvalue weighted by atomic mass is 32.2. The highest BCUT2D eigenvalue weighted by Gasteiger charge is 2.28. The Hall–Kier alpha value is -2.18. The SMILES string of the molecule is Cc1ccc(S(C)(=O)=O)cc1NC(=O)CN1CCC[C@@H]1c1ccc(C(C)(C)C)cc1. The van der Waals surface area contributed by atoms with Crippen molar-refractivity contribution in [2.24, 2.45) is 0 Å². The number of carbonyl (C=O) groups is 1. The van der Waals surface area contributed by atoms with Crippen LogP contribution in [0.5, 0.6) is 0 Å². The summed E-state index contributed by atoms with van der Waals surface area (Å²) in [5.41, 5.74) is 4.05. The first kappa shape index (κ1) is 22.5. The average Bonchev–Trinajstić information content (AvgIpc) is 3.10. The molecule has 1 aliphatic rings. The van der Waals surface area contributed by atoms with Crippen LogP contribution in [0, 0.1) is 6.92 Å². The van der Waals surface area contributed by atoms with Crippen LogP contribution in [-0.2, 0) is 20.0 Å². The molecule has 1 aliphatic heterocycles. The van der Waals surface area contributed by atoms with Gasteiger partial charge in [-0.1, -0.05) is 51.1 Å². The summed E-state index contributed by atoms with van der Waals surface area (Å²) < 4.78 is 23.7. The molecule has 5 nitrogen and oxygen atoms in total. The number of rotatable bonds is 5. The molecule has 3 rings (SSSR count). The second kappa shape index (κ2) is 8.52. The molecule has 0 aromatic heterocycles. The Kier molecular flexibility index (Phi) is 6.39. The maximum absolute atomic E-state index is 12.7. The fourth-order valence-electron chi connectivity index (χ4n) is 3.94. The molecule has 1 atom stereocenters. The highest BCUT2D eigenvalue weighted by molar-refractivity contribution is 7.90. The van der Waals surface area contributed by atoms with E-state index in [-0.39, 0.29) is 28.8 Å². The first-order valence-corrected chi connectivity index (χ1v) is 12.3. The lowest BCUT2D eigenvalue weighted by atomic mass is 9.86. The number of amides is 1. The zero-order chi connectivity index (χ0) is 22.1. The van der Waals surface area contributed by atoms with Crippen molar-refractivity contribution in [2.75, 3.05) is 24.7 Å². The smallest absolute Gasteiger partial charge is 0.238 e. The highest BCUT2D eigenvalue weighted by Crippen LogP contribution is 2.33. The third kappa shape index (κ3) is 5.29. The lowest BCUT2D eigenvalue weighted by Crippen LogP contribution is -2.33. The van der Waals surface area contributed by atoms with Crippen molar-refractivity contribution in [3.05, 3.63) is 59.2 Å². The largest absolute Gasteiger partial charge is 0.325 e. The molecule has 0 spiro atoms. The number of hydrogen-bond donors (Lipinski definition) is 1. The summed E-state index contributed by atoms with van der Waals surface area (Å²) in [6.45, 7) is 9.63. The molecule has 30 heavy (non-hydrogen) atoms. The third-order valence-corrected chi connectivity index (χ3v) is 6.89. The monoisotopic (exact) mass is 428 g/mol. The topological polar surface area (TPSA) is 66.5 Å². The molecule has 1 N–H and O–H groups in total. The van der Waals surface area contributed by atoms with Crippen LogP contribution in [0.15, 0.2) is 47.4 Å². The van der Waals surface area contributed by atoms with Crippen LogP contribution in [0.25, 0.3) is 0 Å². The van der Waals surface area contributed by atoms with Crippen LogP contribution >= 0.6 is 0 Å². The van der Waals surface area contributed by atoms with Gasteiger partial charge in [0.15, 0.2) is 9.84 Å². The maximum atomic E-state index is 12.7. The van der Waals surface area contributed by atoms with Gasteiger partial charge in [0.25, 0.3) is 0 Å². The lowest BCUT2D eigenvalue weighted by molar-refractivity contribution is -0.117. The summed E-state index contributed by atoms with van der Waals surface area (Å²) in [7, 11) is -3.32. The number of hydrogen-bond acceptors (Lipinski definition) is 4. The molecular weight excluding hydrogens is 396 g/mol. The molecule has 1 heterocycles. The molecule has 0 aliphatic carbocycles. The first-order chi connectivity index (χ1) is 13.9. The van der Waals surface area contributed by atoms with Gasteiger partial charge in [-0.25, -0.2) is 8.42 Å². The van der Waals surface area contributed by atoms with Gasteiger partial charge in [0.1, 0.15) is 0 Å². The van der Waals surface area contributed by atoms with Crippen LogP contribution in [0.3, 0.4) is 0 Å². The molecule has 6 heteroatoms. The first-order valence-electron chi connectivity index (χ1n) is 10.4.